The summed E-state index contributed by atoms with van der Waals surface area (Å²) in [5.41, 5.74) is 2.69. The van der Waals surface area contributed by atoms with Crippen LogP contribution >= 0.6 is 22.7 Å². The second-order valence-electron chi connectivity index (χ2n) is 6.14. The summed E-state index contributed by atoms with van der Waals surface area (Å²) in [6.07, 6.45) is 7.43. The van der Waals surface area contributed by atoms with Crippen LogP contribution in [0.25, 0.3) is 0 Å². The van der Waals surface area contributed by atoms with Gasteiger partial charge in [0.2, 0.25) is 0 Å². The maximum Gasteiger partial charge on any atom is 0.110 e. The van der Waals surface area contributed by atoms with Gasteiger partial charge >= 0.3 is 0 Å². The number of rotatable bonds is 6. The predicted octanol–water partition coefficient (Wildman–Crippen LogP) is 3.86. The van der Waals surface area contributed by atoms with Gasteiger partial charge in [-0.3, -0.25) is 0 Å². The lowest BCUT2D eigenvalue weighted by Crippen LogP contribution is -2.21. The number of hydrogen-bond donors (Lipinski definition) is 1. The summed E-state index contributed by atoms with van der Waals surface area (Å²) in [5, 5.41) is 8.39. The van der Waals surface area contributed by atoms with Gasteiger partial charge in [0.1, 0.15) is 5.01 Å². The standard InChI is InChI=1S/C16H21N3S2/c1-10(16-19-12-3-2-4-14(12)21-16)17-8-7-15-18-13(9-20-15)11-5-6-11/h9-11,17H,2-8H2,1H3. The molecule has 0 radical (unpaired) electrons. The van der Waals surface area contributed by atoms with Crippen molar-refractivity contribution in [2.24, 2.45) is 0 Å². The molecule has 3 nitrogen and oxygen atoms in total. The van der Waals surface area contributed by atoms with E-state index in [0.29, 0.717) is 6.04 Å². The van der Waals surface area contributed by atoms with Crippen LogP contribution in [0.4, 0.5) is 0 Å². The Labute approximate surface area is 133 Å². The van der Waals surface area contributed by atoms with Crippen molar-refractivity contribution in [1.29, 1.82) is 0 Å². The molecular formula is C16H21N3S2. The number of aryl methyl sites for hydroxylation is 2. The van der Waals surface area contributed by atoms with E-state index in [-0.39, 0.29) is 0 Å². The molecular weight excluding hydrogens is 298 g/mol. The first-order valence-corrected chi connectivity index (χ1v) is 9.65. The van der Waals surface area contributed by atoms with Gasteiger partial charge in [0.15, 0.2) is 0 Å². The Bertz CT molecular complexity index is 606. The van der Waals surface area contributed by atoms with Crippen molar-refractivity contribution in [3.8, 4) is 0 Å². The third kappa shape index (κ3) is 3.05. The highest BCUT2D eigenvalue weighted by atomic mass is 32.1. The molecule has 1 saturated carbocycles. The molecule has 112 valence electrons. The van der Waals surface area contributed by atoms with Crippen molar-refractivity contribution in [3.05, 3.63) is 31.7 Å². The molecule has 2 aromatic heterocycles. The Morgan fingerprint density at radius 1 is 1.33 bits per heavy atom. The molecule has 2 heterocycles. The molecule has 0 aromatic carbocycles. The average Bonchev–Trinajstić information content (AvgIpc) is 2.88. The van der Waals surface area contributed by atoms with Gasteiger partial charge in [-0.05, 0) is 39.0 Å². The summed E-state index contributed by atoms with van der Waals surface area (Å²) in [6, 6.07) is 0.364. The highest BCUT2D eigenvalue weighted by molar-refractivity contribution is 7.11. The number of aromatic nitrogens is 2. The smallest absolute Gasteiger partial charge is 0.110 e. The van der Waals surface area contributed by atoms with Gasteiger partial charge in [0.25, 0.3) is 0 Å². The Kier molecular flexibility index (Phi) is 3.81. The fraction of sp³-hybridized carbons (Fsp3) is 0.625. The van der Waals surface area contributed by atoms with Gasteiger partial charge in [0.05, 0.1) is 22.4 Å². The second-order valence-corrected chi connectivity index (χ2v) is 8.20. The van der Waals surface area contributed by atoms with E-state index in [2.05, 4.69) is 17.6 Å². The third-order valence-corrected chi connectivity index (χ3v) is 6.60. The van der Waals surface area contributed by atoms with Crippen LogP contribution < -0.4 is 5.32 Å². The van der Waals surface area contributed by atoms with Crippen LogP contribution in [0.2, 0.25) is 0 Å². The first-order valence-electron chi connectivity index (χ1n) is 7.96. The number of nitrogens with zero attached hydrogens (tertiary/aromatic N) is 2. The zero-order valence-corrected chi connectivity index (χ0v) is 14.0. The first-order chi connectivity index (χ1) is 10.3. The van der Waals surface area contributed by atoms with E-state index < -0.39 is 0 Å². The van der Waals surface area contributed by atoms with E-state index in [1.807, 2.05) is 22.7 Å². The van der Waals surface area contributed by atoms with E-state index in [1.165, 1.54) is 58.4 Å². The van der Waals surface area contributed by atoms with E-state index in [1.54, 1.807) is 0 Å². The summed E-state index contributed by atoms with van der Waals surface area (Å²) >= 11 is 3.73. The van der Waals surface area contributed by atoms with Gasteiger partial charge in [0, 0.05) is 29.1 Å². The quantitative estimate of drug-likeness (QED) is 0.878. The third-order valence-electron chi connectivity index (χ3n) is 4.34. The molecule has 1 unspecified atom stereocenters. The molecule has 2 aliphatic rings. The summed E-state index contributed by atoms with van der Waals surface area (Å²) in [7, 11) is 0. The highest BCUT2D eigenvalue weighted by Crippen LogP contribution is 2.40. The van der Waals surface area contributed by atoms with E-state index in [4.69, 9.17) is 9.97 Å². The molecule has 0 spiro atoms. The fourth-order valence-electron chi connectivity index (χ4n) is 2.89. The maximum atomic E-state index is 4.79. The Morgan fingerprint density at radius 3 is 3.05 bits per heavy atom. The van der Waals surface area contributed by atoms with E-state index in [0.717, 1.165) is 18.9 Å². The summed E-state index contributed by atoms with van der Waals surface area (Å²) in [6.45, 7) is 3.22. The van der Waals surface area contributed by atoms with Crippen molar-refractivity contribution >= 4 is 22.7 Å². The van der Waals surface area contributed by atoms with Crippen molar-refractivity contribution < 1.29 is 0 Å². The maximum absolute atomic E-state index is 4.79. The van der Waals surface area contributed by atoms with Crippen LogP contribution in [-0.2, 0) is 19.3 Å². The average molecular weight is 319 g/mol. The topological polar surface area (TPSA) is 37.8 Å². The molecule has 1 N–H and O–H groups in total. The highest BCUT2D eigenvalue weighted by Gasteiger charge is 2.26. The van der Waals surface area contributed by atoms with Crippen LogP contribution in [0.1, 0.15) is 64.4 Å². The van der Waals surface area contributed by atoms with Crippen molar-refractivity contribution in [1.82, 2.24) is 15.3 Å². The molecule has 0 amide bonds. The Hall–Kier alpha value is -0.780. The van der Waals surface area contributed by atoms with Crippen molar-refractivity contribution in [2.45, 2.75) is 57.4 Å². The largest absolute Gasteiger partial charge is 0.308 e. The van der Waals surface area contributed by atoms with Crippen LogP contribution in [0.5, 0.6) is 0 Å². The van der Waals surface area contributed by atoms with Gasteiger partial charge in [-0.25, -0.2) is 9.97 Å². The molecule has 2 aromatic rings. The number of fused-ring (bicyclic) bond motifs is 1. The lowest BCUT2D eigenvalue weighted by molar-refractivity contribution is 0.572. The van der Waals surface area contributed by atoms with Crippen LogP contribution in [0.15, 0.2) is 5.38 Å². The minimum absolute atomic E-state index is 0.364. The minimum Gasteiger partial charge on any atom is -0.308 e. The molecule has 5 heteroatoms. The molecule has 0 bridgehead atoms. The Balaban J connectivity index is 1.29. The van der Waals surface area contributed by atoms with Crippen molar-refractivity contribution in [2.75, 3.05) is 6.54 Å². The lowest BCUT2D eigenvalue weighted by Gasteiger charge is -2.10. The van der Waals surface area contributed by atoms with Crippen LogP contribution in [0, 0.1) is 0 Å². The number of hydrogen-bond acceptors (Lipinski definition) is 5. The second kappa shape index (κ2) is 5.78. The first kappa shape index (κ1) is 13.9. The van der Waals surface area contributed by atoms with Gasteiger partial charge < -0.3 is 5.32 Å². The van der Waals surface area contributed by atoms with Crippen LogP contribution in [0.3, 0.4) is 0 Å². The van der Waals surface area contributed by atoms with Gasteiger partial charge in [-0.1, -0.05) is 0 Å². The SMILES string of the molecule is CC(NCCc1nc(C2CC2)cs1)c1nc2c(s1)CCC2. The predicted molar refractivity (Wildman–Crippen MR) is 88.3 cm³/mol. The van der Waals surface area contributed by atoms with Gasteiger partial charge in [-0.2, -0.15) is 0 Å². The minimum atomic E-state index is 0.364. The summed E-state index contributed by atoms with van der Waals surface area (Å²) < 4.78 is 0. The number of thiazole rings is 2. The molecule has 1 fully saturated rings. The fourth-order valence-corrected chi connectivity index (χ4v) is 4.95. The lowest BCUT2D eigenvalue weighted by atomic mass is 10.3. The summed E-state index contributed by atoms with van der Waals surface area (Å²) in [4.78, 5) is 11.1. The number of nitrogens with one attached hydrogen (secondary N) is 1. The molecule has 2 aliphatic carbocycles. The zero-order valence-electron chi connectivity index (χ0n) is 12.4. The normalized spacial score (nSPS) is 18.9. The molecule has 1 atom stereocenters. The van der Waals surface area contributed by atoms with Crippen molar-refractivity contribution in [3.63, 3.8) is 0 Å². The van der Waals surface area contributed by atoms with Crippen LogP contribution in [-0.4, -0.2) is 16.5 Å². The molecule has 0 aliphatic heterocycles. The van der Waals surface area contributed by atoms with E-state index in [9.17, 15) is 0 Å². The Morgan fingerprint density at radius 2 is 2.24 bits per heavy atom. The zero-order chi connectivity index (χ0) is 14.2. The molecule has 21 heavy (non-hydrogen) atoms. The monoisotopic (exact) mass is 319 g/mol. The molecule has 0 saturated heterocycles. The van der Waals surface area contributed by atoms with E-state index >= 15 is 0 Å². The summed E-state index contributed by atoms with van der Waals surface area (Å²) in [5.74, 6) is 0.777. The van der Waals surface area contributed by atoms with Gasteiger partial charge in [-0.15, -0.1) is 22.7 Å². The molecule has 4 rings (SSSR count).